The van der Waals surface area contributed by atoms with Gasteiger partial charge in [-0.15, -0.1) is 0 Å². The highest BCUT2D eigenvalue weighted by atomic mass is 16.5. The van der Waals surface area contributed by atoms with Crippen molar-refractivity contribution in [3.63, 3.8) is 0 Å². The van der Waals surface area contributed by atoms with E-state index in [1.54, 1.807) is 31.2 Å². The van der Waals surface area contributed by atoms with E-state index in [-0.39, 0.29) is 6.04 Å². The number of methoxy groups -OCH3 is 2. The third-order valence-corrected chi connectivity index (χ3v) is 5.53. The Morgan fingerprint density at radius 1 is 1.24 bits per heavy atom. The number of anilines is 2. The summed E-state index contributed by atoms with van der Waals surface area (Å²) in [5.74, 6) is 1.32. The van der Waals surface area contributed by atoms with Crippen molar-refractivity contribution in [3.8, 4) is 22.8 Å². The lowest BCUT2D eigenvalue weighted by Crippen LogP contribution is -2.47. The van der Waals surface area contributed by atoms with Crippen LogP contribution in [0.3, 0.4) is 0 Å². The van der Waals surface area contributed by atoms with Gasteiger partial charge in [0.2, 0.25) is 11.8 Å². The summed E-state index contributed by atoms with van der Waals surface area (Å²) in [7, 11) is 5.01. The maximum absolute atomic E-state index is 10.4. The number of H-pyrrole nitrogens is 1. The lowest BCUT2D eigenvalue weighted by atomic mass is 10.1. The van der Waals surface area contributed by atoms with E-state index in [4.69, 9.17) is 14.2 Å². The van der Waals surface area contributed by atoms with E-state index < -0.39 is 6.23 Å². The SMILES string of the molecule is COc1cc(C(O)NC2COC2)ccc1Nc1nc(OC)c2c(-c3cnn(C)c3)c[nH]c2n1. The van der Waals surface area contributed by atoms with Crippen molar-refractivity contribution in [2.24, 2.45) is 7.05 Å². The van der Waals surface area contributed by atoms with E-state index in [2.05, 4.69) is 30.7 Å². The number of aryl methyl sites for hydroxylation is 1. The first kappa shape index (κ1) is 21.2. The number of ether oxygens (including phenoxy) is 3. The number of rotatable bonds is 8. The zero-order chi connectivity index (χ0) is 22.9. The summed E-state index contributed by atoms with van der Waals surface area (Å²) in [6.45, 7) is 1.19. The minimum atomic E-state index is -0.820. The highest BCUT2D eigenvalue weighted by Gasteiger charge is 2.22. The van der Waals surface area contributed by atoms with Gasteiger partial charge in [-0.3, -0.25) is 10.00 Å². The van der Waals surface area contributed by atoms with Gasteiger partial charge in [0.1, 0.15) is 17.6 Å². The average Bonchev–Trinajstić information content (AvgIpc) is 3.41. The summed E-state index contributed by atoms with van der Waals surface area (Å²) < 4.78 is 18.0. The fourth-order valence-electron chi connectivity index (χ4n) is 3.74. The molecule has 11 nitrogen and oxygen atoms in total. The van der Waals surface area contributed by atoms with E-state index in [0.29, 0.717) is 47.7 Å². The van der Waals surface area contributed by atoms with Crippen LogP contribution in [0, 0.1) is 0 Å². The quantitative estimate of drug-likeness (QED) is 0.297. The first-order valence-electron chi connectivity index (χ1n) is 10.4. The van der Waals surface area contributed by atoms with Gasteiger partial charge in [-0.1, -0.05) is 6.07 Å². The molecule has 0 radical (unpaired) electrons. The first-order chi connectivity index (χ1) is 16.1. The highest BCUT2D eigenvalue weighted by Crippen LogP contribution is 2.35. The number of benzene rings is 1. The highest BCUT2D eigenvalue weighted by molar-refractivity contribution is 5.97. The van der Waals surface area contributed by atoms with Crippen LogP contribution in [0.1, 0.15) is 11.8 Å². The molecular weight excluding hydrogens is 426 g/mol. The van der Waals surface area contributed by atoms with Crippen LogP contribution in [0.25, 0.3) is 22.2 Å². The molecule has 4 aromatic rings. The summed E-state index contributed by atoms with van der Waals surface area (Å²) in [5.41, 5.74) is 3.80. The van der Waals surface area contributed by atoms with E-state index in [9.17, 15) is 5.11 Å². The van der Waals surface area contributed by atoms with Gasteiger partial charge in [0, 0.05) is 30.6 Å². The molecule has 172 valence electrons. The number of nitrogens with zero attached hydrogens (tertiary/aromatic N) is 4. The van der Waals surface area contributed by atoms with Crippen molar-refractivity contribution >= 4 is 22.7 Å². The van der Waals surface area contributed by atoms with Crippen LogP contribution in [-0.2, 0) is 11.8 Å². The number of aromatic amines is 1. The van der Waals surface area contributed by atoms with Crippen LogP contribution in [0.4, 0.5) is 11.6 Å². The molecule has 0 aliphatic carbocycles. The predicted octanol–water partition coefficient (Wildman–Crippen LogP) is 2.10. The second kappa shape index (κ2) is 8.70. The lowest BCUT2D eigenvalue weighted by Gasteiger charge is -2.29. The van der Waals surface area contributed by atoms with Gasteiger partial charge in [-0.2, -0.15) is 15.1 Å². The summed E-state index contributed by atoms with van der Waals surface area (Å²) in [6.07, 6.45) is 4.74. The topological polar surface area (TPSA) is 131 Å². The number of aliphatic hydroxyl groups is 1. The number of fused-ring (bicyclic) bond motifs is 1. The largest absolute Gasteiger partial charge is 0.495 e. The van der Waals surface area contributed by atoms with E-state index in [0.717, 1.165) is 16.5 Å². The number of hydrogen-bond donors (Lipinski definition) is 4. The van der Waals surface area contributed by atoms with E-state index in [1.807, 2.05) is 31.6 Å². The number of hydrogen-bond acceptors (Lipinski definition) is 9. The third kappa shape index (κ3) is 4.09. The molecule has 1 unspecified atom stereocenters. The monoisotopic (exact) mass is 451 g/mol. The maximum Gasteiger partial charge on any atom is 0.232 e. The first-order valence-corrected chi connectivity index (χ1v) is 10.4. The molecule has 1 aliphatic rings. The maximum atomic E-state index is 10.4. The summed E-state index contributed by atoms with van der Waals surface area (Å²) >= 11 is 0. The number of nitrogens with one attached hydrogen (secondary N) is 3. The van der Waals surface area contributed by atoms with Crippen molar-refractivity contribution in [1.29, 1.82) is 0 Å². The van der Waals surface area contributed by atoms with Crippen molar-refractivity contribution in [1.82, 2.24) is 30.0 Å². The fourth-order valence-corrected chi connectivity index (χ4v) is 3.74. The normalized spacial score (nSPS) is 14.8. The molecule has 0 bridgehead atoms. The Morgan fingerprint density at radius 3 is 2.76 bits per heavy atom. The standard InChI is InChI=1S/C22H25N7O4/c1-29-9-13(7-24-29)15-8-23-19-18(15)21(32-3)28-22(27-19)26-16-5-4-12(6-17(16)31-2)20(30)25-14-10-33-11-14/h4-9,14,20,25,30H,10-11H2,1-3H3,(H2,23,26,27,28). The van der Waals surface area contributed by atoms with Crippen LogP contribution in [0.5, 0.6) is 11.6 Å². The Kier molecular flexibility index (Phi) is 5.58. The summed E-state index contributed by atoms with van der Waals surface area (Å²) in [4.78, 5) is 12.3. The number of aromatic nitrogens is 5. The zero-order valence-corrected chi connectivity index (χ0v) is 18.5. The second-order valence-corrected chi connectivity index (χ2v) is 7.77. The average molecular weight is 451 g/mol. The van der Waals surface area contributed by atoms with Gasteiger partial charge in [0.15, 0.2) is 0 Å². The molecule has 33 heavy (non-hydrogen) atoms. The fraction of sp³-hybridized carbons (Fsp3) is 0.318. The molecule has 0 spiro atoms. The van der Waals surface area contributed by atoms with Gasteiger partial charge < -0.3 is 29.6 Å². The van der Waals surface area contributed by atoms with Crippen LogP contribution >= 0.6 is 0 Å². The van der Waals surface area contributed by atoms with Crippen LogP contribution in [-0.4, -0.2) is 63.3 Å². The molecule has 1 atom stereocenters. The Bertz CT molecular complexity index is 1280. The van der Waals surface area contributed by atoms with Gasteiger partial charge in [0.05, 0.1) is 50.7 Å². The zero-order valence-electron chi connectivity index (χ0n) is 18.5. The minimum Gasteiger partial charge on any atom is -0.495 e. The smallest absolute Gasteiger partial charge is 0.232 e. The molecule has 4 N–H and O–H groups in total. The Balaban J connectivity index is 1.43. The molecule has 0 saturated carbocycles. The molecule has 0 amide bonds. The van der Waals surface area contributed by atoms with Gasteiger partial charge in [0.25, 0.3) is 0 Å². The van der Waals surface area contributed by atoms with Crippen molar-refractivity contribution in [2.45, 2.75) is 12.3 Å². The Morgan fingerprint density at radius 2 is 2.09 bits per heavy atom. The molecule has 1 saturated heterocycles. The number of aliphatic hydroxyl groups excluding tert-OH is 1. The van der Waals surface area contributed by atoms with Crippen LogP contribution in [0.15, 0.2) is 36.8 Å². The molecule has 1 aromatic carbocycles. The van der Waals surface area contributed by atoms with E-state index >= 15 is 0 Å². The minimum absolute atomic E-state index is 0.147. The summed E-state index contributed by atoms with van der Waals surface area (Å²) in [6, 6.07) is 5.54. The van der Waals surface area contributed by atoms with E-state index in [1.165, 1.54) is 0 Å². The molecule has 1 aliphatic heterocycles. The van der Waals surface area contributed by atoms with Crippen molar-refractivity contribution in [2.75, 3.05) is 32.8 Å². The molecule has 3 aromatic heterocycles. The second-order valence-electron chi connectivity index (χ2n) is 7.77. The molecule has 1 fully saturated rings. The Hall–Kier alpha value is -3.67. The van der Waals surface area contributed by atoms with Gasteiger partial charge >= 0.3 is 0 Å². The van der Waals surface area contributed by atoms with Crippen LogP contribution < -0.4 is 20.1 Å². The molecule has 4 heterocycles. The van der Waals surface area contributed by atoms with Crippen molar-refractivity contribution in [3.05, 3.63) is 42.4 Å². The lowest BCUT2D eigenvalue weighted by molar-refractivity contribution is -0.0321. The molecule has 5 rings (SSSR count). The molecule has 11 heteroatoms. The Labute approximate surface area is 189 Å². The molecular formula is C22H25N7O4. The summed E-state index contributed by atoms with van der Waals surface area (Å²) in [5, 5.41) is 21.8. The van der Waals surface area contributed by atoms with Gasteiger partial charge in [-0.05, 0) is 17.7 Å². The third-order valence-electron chi connectivity index (χ3n) is 5.53. The van der Waals surface area contributed by atoms with Gasteiger partial charge in [-0.25, -0.2) is 0 Å². The van der Waals surface area contributed by atoms with Crippen molar-refractivity contribution < 1.29 is 19.3 Å². The van der Waals surface area contributed by atoms with Crippen LogP contribution in [0.2, 0.25) is 0 Å². The predicted molar refractivity (Wildman–Crippen MR) is 122 cm³/mol.